The number of alkyl halides is 6. The SMILES string of the molecule is CC[C@]1(N)C[C@H](c2ncc(N3CCOCC3)cc2Cc2cc(C#N)cc(C(F)(F)F)c2)c2cc(C(F)(F)F)ccc2N1C(=O)OCC(C)(C)C(=O)O. The van der Waals surface area contributed by atoms with E-state index in [1.165, 1.54) is 26.1 Å². The van der Waals surface area contributed by atoms with Gasteiger partial charge in [-0.15, -0.1) is 0 Å². The van der Waals surface area contributed by atoms with Crippen LogP contribution < -0.4 is 15.5 Å². The molecule has 2 atom stereocenters. The van der Waals surface area contributed by atoms with Gasteiger partial charge in [-0.05, 0) is 92.3 Å². The number of nitriles is 1. The van der Waals surface area contributed by atoms with Crippen molar-refractivity contribution >= 4 is 23.4 Å². The Hall–Kier alpha value is -4.88. The summed E-state index contributed by atoms with van der Waals surface area (Å²) in [6.45, 7) is 5.57. The molecule has 5 rings (SSSR count). The number of anilines is 2. The number of halogens is 6. The normalized spacial score (nSPS) is 19.5. The lowest BCUT2D eigenvalue weighted by Gasteiger charge is -2.47. The van der Waals surface area contributed by atoms with Crippen molar-refractivity contribution in [3.63, 3.8) is 0 Å². The number of aromatic nitrogens is 1. The number of nitrogens with zero attached hydrogens (tertiary/aromatic N) is 4. The molecule has 1 fully saturated rings. The van der Waals surface area contributed by atoms with E-state index in [1.807, 2.05) is 4.90 Å². The molecule has 3 heterocycles. The number of carbonyl (C=O) groups excluding carboxylic acids is 1. The first-order valence-corrected chi connectivity index (χ1v) is 16.4. The standard InChI is InChI=1S/C36H37F6N5O5/c1-4-34(44)17-28(27-16-24(35(37,38)39)5-6-29(27)47(34)32(50)52-20-33(2,3)31(48)49)30-23(15-26(19-45-30)46-7-9-51-10-8-46)12-21-11-22(18-43)14-25(13-21)36(40,41)42/h5-6,11,13-16,19,28H,4,7-10,12,17,20,44H2,1-3H3,(H,48,49)/t28-,34+/m0/s1. The van der Waals surface area contributed by atoms with Crippen LogP contribution >= 0.6 is 0 Å². The minimum Gasteiger partial charge on any atom is -0.481 e. The number of benzene rings is 2. The third kappa shape index (κ3) is 7.95. The Morgan fingerprint density at radius 3 is 2.33 bits per heavy atom. The molecule has 278 valence electrons. The van der Waals surface area contributed by atoms with Gasteiger partial charge in [0.1, 0.15) is 12.3 Å². The Kier molecular flexibility index (Phi) is 10.5. The molecule has 3 aromatic rings. The first-order valence-electron chi connectivity index (χ1n) is 16.4. The molecule has 10 nitrogen and oxygen atoms in total. The number of hydrogen-bond donors (Lipinski definition) is 2. The minimum absolute atomic E-state index is 0.00780. The number of morpholine rings is 1. The van der Waals surface area contributed by atoms with Gasteiger partial charge in [0.15, 0.2) is 0 Å². The highest BCUT2D eigenvalue weighted by Gasteiger charge is 2.48. The van der Waals surface area contributed by atoms with Crippen molar-refractivity contribution in [1.82, 2.24) is 4.98 Å². The molecule has 0 saturated carbocycles. The lowest BCUT2D eigenvalue weighted by molar-refractivity contribution is -0.149. The maximum absolute atomic E-state index is 14.2. The van der Waals surface area contributed by atoms with Crippen molar-refractivity contribution in [3.8, 4) is 6.07 Å². The molecule has 1 aromatic heterocycles. The summed E-state index contributed by atoms with van der Waals surface area (Å²) in [5.41, 5.74) is 2.83. The first kappa shape index (κ1) is 38.4. The fraction of sp³-hybridized carbons (Fsp3) is 0.444. The van der Waals surface area contributed by atoms with Gasteiger partial charge in [-0.2, -0.15) is 31.6 Å². The molecular formula is C36H37F6N5O5. The number of ether oxygens (including phenoxy) is 2. The third-order valence-electron chi connectivity index (χ3n) is 9.44. The van der Waals surface area contributed by atoms with Crippen LogP contribution in [0.5, 0.6) is 0 Å². The van der Waals surface area contributed by atoms with Gasteiger partial charge in [0.25, 0.3) is 0 Å². The smallest absolute Gasteiger partial charge is 0.416 e. The zero-order valence-corrected chi connectivity index (χ0v) is 28.6. The molecule has 0 unspecified atom stereocenters. The van der Waals surface area contributed by atoms with Crippen LogP contribution in [0.25, 0.3) is 0 Å². The second-order valence-corrected chi connectivity index (χ2v) is 13.6. The second-order valence-electron chi connectivity index (χ2n) is 13.6. The van der Waals surface area contributed by atoms with Gasteiger partial charge in [0, 0.05) is 19.0 Å². The Balaban J connectivity index is 1.69. The summed E-state index contributed by atoms with van der Waals surface area (Å²) < 4.78 is 95.0. The topological polar surface area (TPSA) is 142 Å². The lowest BCUT2D eigenvalue weighted by atomic mass is 9.77. The molecule has 1 saturated heterocycles. The summed E-state index contributed by atoms with van der Waals surface area (Å²) in [6, 6.07) is 9.21. The van der Waals surface area contributed by atoms with Crippen LogP contribution in [0.2, 0.25) is 0 Å². The molecule has 0 radical (unpaired) electrons. The predicted octanol–water partition coefficient (Wildman–Crippen LogP) is 7.07. The first-order chi connectivity index (χ1) is 24.3. The molecule has 2 aliphatic rings. The number of aliphatic carboxylic acids is 1. The van der Waals surface area contributed by atoms with E-state index >= 15 is 0 Å². The zero-order chi connectivity index (χ0) is 38.2. The van der Waals surface area contributed by atoms with Crippen molar-refractivity contribution in [2.75, 3.05) is 42.7 Å². The van der Waals surface area contributed by atoms with Crippen LogP contribution in [-0.4, -0.2) is 60.7 Å². The van der Waals surface area contributed by atoms with E-state index in [0.29, 0.717) is 37.6 Å². The maximum Gasteiger partial charge on any atom is 0.416 e. The molecule has 0 spiro atoms. The number of carboxylic acid groups (broad SMARTS) is 1. The van der Waals surface area contributed by atoms with Crippen LogP contribution in [0.1, 0.15) is 78.6 Å². The number of carboxylic acids is 1. The van der Waals surface area contributed by atoms with Crippen LogP contribution in [0.3, 0.4) is 0 Å². The molecular weight excluding hydrogens is 696 g/mol. The average Bonchev–Trinajstić information content (AvgIpc) is 3.09. The van der Waals surface area contributed by atoms with E-state index in [1.54, 1.807) is 19.1 Å². The van der Waals surface area contributed by atoms with Gasteiger partial charge in [-0.3, -0.25) is 14.7 Å². The van der Waals surface area contributed by atoms with Crippen molar-refractivity contribution in [3.05, 3.63) is 87.7 Å². The maximum atomic E-state index is 14.2. The summed E-state index contributed by atoms with van der Waals surface area (Å²) in [5, 5.41) is 19.1. The second kappa shape index (κ2) is 14.3. The van der Waals surface area contributed by atoms with Crippen molar-refractivity contribution in [1.29, 1.82) is 5.26 Å². The molecule has 0 bridgehead atoms. The van der Waals surface area contributed by atoms with Crippen LogP contribution in [0.15, 0.2) is 48.7 Å². The third-order valence-corrected chi connectivity index (χ3v) is 9.44. The van der Waals surface area contributed by atoms with E-state index in [0.717, 1.165) is 35.2 Å². The van der Waals surface area contributed by atoms with Gasteiger partial charge < -0.3 is 25.2 Å². The van der Waals surface area contributed by atoms with E-state index in [-0.39, 0.29) is 47.3 Å². The summed E-state index contributed by atoms with van der Waals surface area (Å²) in [5.74, 6) is -2.25. The number of fused-ring (bicyclic) bond motifs is 1. The van der Waals surface area contributed by atoms with Gasteiger partial charge in [-0.1, -0.05) is 6.92 Å². The number of carbonyl (C=O) groups is 2. The van der Waals surface area contributed by atoms with E-state index in [4.69, 9.17) is 20.2 Å². The highest BCUT2D eigenvalue weighted by molar-refractivity contribution is 5.92. The summed E-state index contributed by atoms with van der Waals surface area (Å²) in [6.07, 6.45) is -9.37. The Morgan fingerprint density at radius 2 is 1.73 bits per heavy atom. The molecule has 16 heteroatoms. The number of amides is 1. The molecule has 3 N–H and O–H groups in total. The van der Waals surface area contributed by atoms with Crippen LogP contribution in [-0.2, 0) is 33.0 Å². The summed E-state index contributed by atoms with van der Waals surface area (Å²) in [7, 11) is 0. The Labute approximate surface area is 295 Å². The number of hydrogen-bond acceptors (Lipinski definition) is 8. The minimum atomic E-state index is -4.79. The number of rotatable bonds is 8. The Morgan fingerprint density at radius 1 is 1.06 bits per heavy atom. The molecule has 52 heavy (non-hydrogen) atoms. The Bertz CT molecular complexity index is 1890. The molecule has 1 amide bonds. The van der Waals surface area contributed by atoms with Gasteiger partial charge in [0.05, 0.1) is 64.7 Å². The number of nitrogens with two attached hydrogens (primary N) is 1. The monoisotopic (exact) mass is 733 g/mol. The number of pyridine rings is 1. The van der Waals surface area contributed by atoms with Crippen LogP contribution in [0, 0.1) is 16.7 Å². The van der Waals surface area contributed by atoms with Gasteiger partial charge in [0.2, 0.25) is 0 Å². The van der Waals surface area contributed by atoms with Crippen LogP contribution in [0.4, 0.5) is 42.5 Å². The quantitative estimate of drug-likeness (QED) is 0.233. The van der Waals surface area contributed by atoms with E-state index in [9.17, 15) is 46.3 Å². The predicted molar refractivity (Wildman–Crippen MR) is 177 cm³/mol. The highest BCUT2D eigenvalue weighted by atomic mass is 19.4. The molecule has 2 aromatic carbocycles. The fourth-order valence-corrected chi connectivity index (χ4v) is 6.40. The van der Waals surface area contributed by atoms with Crippen molar-refractivity contribution < 1.29 is 50.5 Å². The van der Waals surface area contributed by atoms with E-state index in [2.05, 4.69) is 0 Å². The fourth-order valence-electron chi connectivity index (χ4n) is 6.40. The largest absolute Gasteiger partial charge is 0.481 e. The average molecular weight is 734 g/mol. The molecule has 0 aliphatic carbocycles. The van der Waals surface area contributed by atoms with Gasteiger partial charge in [-0.25, -0.2) is 4.79 Å². The van der Waals surface area contributed by atoms with Crippen molar-refractivity contribution in [2.24, 2.45) is 11.1 Å². The van der Waals surface area contributed by atoms with E-state index < -0.39 is 59.1 Å². The highest BCUT2D eigenvalue weighted by Crippen LogP contribution is 2.49. The zero-order valence-electron chi connectivity index (χ0n) is 28.6. The lowest BCUT2D eigenvalue weighted by Crippen LogP contribution is -2.62. The summed E-state index contributed by atoms with van der Waals surface area (Å²) in [4.78, 5) is 33.1. The van der Waals surface area contributed by atoms with Gasteiger partial charge >= 0.3 is 24.4 Å². The summed E-state index contributed by atoms with van der Waals surface area (Å²) >= 11 is 0. The van der Waals surface area contributed by atoms with Crippen molar-refractivity contribution in [2.45, 2.75) is 64.0 Å². The molecule has 2 aliphatic heterocycles.